The van der Waals surface area contributed by atoms with Crippen molar-refractivity contribution in [2.45, 2.75) is 6.92 Å². The predicted molar refractivity (Wildman–Crippen MR) is 79.3 cm³/mol. The fourth-order valence-corrected chi connectivity index (χ4v) is 1.92. The lowest BCUT2D eigenvalue weighted by molar-refractivity contribution is 0.102. The number of pyridine rings is 1. The standard InChI is InChI=1S/C14H14ClN3O2/c1-8-12(3-4-13(15)17-8)18-14(19)9-5-10(16)7-11(6-9)20-2/h3-7H,16H2,1-2H3,(H,18,19). The van der Waals surface area contributed by atoms with Gasteiger partial charge in [0.1, 0.15) is 10.9 Å². The van der Waals surface area contributed by atoms with Crippen LogP contribution in [0.1, 0.15) is 16.1 Å². The predicted octanol–water partition coefficient (Wildman–Crippen LogP) is 2.89. The zero-order chi connectivity index (χ0) is 14.7. The van der Waals surface area contributed by atoms with Crippen LogP contribution in [0, 0.1) is 6.92 Å². The van der Waals surface area contributed by atoms with Gasteiger partial charge in [0.25, 0.3) is 5.91 Å². The zero-order valence-corrected chi connectivity index (χ0v) is 11.9. The molecule has 0 atom stereocenters. The van der Waals surface area contributed by atoms with E-state index in [0.29, 0.717) is 33.5 Å². The molecule has 0 fully saturated rings. The first-order chi connectivity index (χ1) is 9.49. The molecule has 104 valence electrons. The average Bonchev–Trinajstić information content (AvgIpc) is 2.41. The summed E-state index contributed by atoms with van der Waals surface area (Å²) in [4.78, 5) is 16.3. The van der Waals surface area contributed by atoms with Crippen LogP contribution in [0.4, 0.5) is 11.4 Å². The Morgan fingerprint density at radius 3 is 2.75 bits per heavy atom. The second kappa shape index (κ2) is 5.79. The maximum atomic E-state index is 12.2. The quantitative estimate of drug-likeness (QED) is 0.673. The van der Waals surface area contributed by atoms with E-state index >= 15 is 0 Å². The van der Waals surface area contributed by atoms with Crippen LogP contribution in [0.5, 0.6) is 5.75 Å². The number of aryl methyl sites for hydroxylation is 1. The van der Waals surface area contributed by atoms with Gasteiger partial charge in [0.2, 0.25) is 0 Å². The molecule has 0 saturated heterocycles. The highest BCUT2D eigenvalue weighted by Gasteiger charge is 2.10. The van der Waals surface area contributed by atoms with Crippen LogP contribution in [-0.2, 0) is 0 Å². The first kappa shape index (κ1) is 14.1. The number of aromatic nitrogens is 1. The minimum Gasteiger partial charge on any atom is -0.497 e. The van der Waals surface area contributed by atoms with Gasteiger partial charge >= 0.3 is 0 Å². The maximum absolute atomic E-state index is 12.2. The number of hydrogen-bond acceptors (Lipinski definition) is 4. The van der Waals surface area contributed by atoms with Gasteiger partial charge in [-0.25, -0.2) is 4.98 Å². The zero-order valence-electron chi connectivity index (χ0n) is 11.1. The fraction of sp³-hybridized carbons (Fsp3) is 0.143. The van der Waals surface area contributed by atoms with Crippen molar-refractivity contribution in [1.29, 1.82) is 0 Å². The Morgan fingerprint density at radius 2 is 2.10 bits per heavy atom. The topological polar surface area (TPSA) is 77.2 Å². The minimum atomic E-state index is -0.289. The number of ether oxygens (including phenoxy) is 1. The molecule has 3 N–H and O–H groups in total. The average molecular weight is 292 g/mol. The molecule has 1 aromatic carbocycles. The molecule has 0 aliphatic heterocycles. The molecule has 0 aliphatic rings. The molecule has 6 heteroatoms. The van der Waals surface area contributed by atoms with Crippen molar-refractivity contribution in [2.75, 3.05) is 18.2 Å². The van der Waals surface area contributed by atoms with E-state index in [1.807, 2.05) is 0 Å². The summed E-state index contributed by atoms with van der Waals surface area (Å²) in [6.45, 7) is 1.77. The highest BCUT2D eigenvalue weighted by molar-refractivity contribution is 6.29. The molecule has 2 rings (SSSR count). The van der Waals surface area contributed by atoms with Crippen molar-refractivity contribution in [2.24, 2.45) is 0 Å². The summed E-state index contributed by atoms with van der Waals surface area (Å²) in [6, 6.07) is 8.16. The highest BCUT2D eigenvalue weighted by atomic mass is 35.5. The molecule has 0 spiro atoms. The molecule has 0 unspecified atom stereocenters. The third kappa shape index (κ3) is 3.19. The number of nitrogens with zero attached hydrogens (tertiary/aromatic N) is 1. The van der Waals surface area contributed by atoms with Crippen LogP contribution >= 0.6 is 11.6 Å². The number of amides is 1. The number of nitrogens with one attached hydrogen (secondary N) is 1. The molecule has 5 nitrogen and oxygen atoms in total. The number of hydrogen-bond donors (Lipinski definition) is 2. The van der Waals surface area contributed by atoms with Crippen LogP contribution in [0.15, 0.2) is 30.3 Å². The number of carbonyl (C=O) groups is 1. The highest BCUT2D eigenvalue weighted by Crippen LogP contribution is 2.21. The van der Waals surface area contributed by atoms with Gasteiger partial charge < -0.3 is 15.8 Å². The summed E-state index contributed by atoms with van der Waals surface area (Å²) < 4.78 is 5.09. The summed E-state index contributed by atoms with van der Waals surface area (Å²) >= 11 is 5.77. The van der Waals surface area contributed by atoms with Gasteiger partial charge in [-0.3, -0.25) is 4.79 Å². The van der Waals surface area contributed by atoms with Gasteiger partial charge in [0, 0.05) is 17.3 Å². The van der Waals surface area contributed by atoms with Crippen LogP contribution in [0.3, 0.4) is 0 Å². The molecule has 2 aromatic rings. The largest absolute Gasteiger partial charge is 0.497 e. The fourth-order valence-electron chi connectivity index (χ4n) is 1.73. The minimum absolute atomic E-state index is 0.289. The lowest BCUT2D eigenvalue weighted by Gasteiger charge is -2.09. The molecule has 1 heterocycles. The van der Waals surface area contributed by atoms with E-state index in [2.05, 4.69) is 10.3 Å². The van der Waals surface area contributed by atoms with Gasteiger partial charge in [-0.05, 0) is 31.2 Å². The van der Waals surface area contributed by atoms with E-state index in [-0.39, 0.29) is 5.91 Å². The number of anilines is 2. The smallest absolute Gasteiger partial charge is 0.255 e. The molecule has 0 saturated carbocycles. The van der Waals surface area contributed by atoms with Crippen molar-refractivity contribution < 1.29 is 9.53 Å². The van der Waals surface area contributed by atoms with E-state index in [0.717, 1.165) is 0 Å². The van der Waals surface area contributed by atoms with Crippen LogP contribution in [0.25, 0.3) is 0 Å². The number of benzene rings is 1. The lowest BCUT2D eigenvalue weighted by atomic mass is 10.1. The normalized spacial score (nSPS) is 10.2. The van der Waals surface area contributed by atoms with Gasteiger partial charge in [0.05, 0.1) is 18.5 Å². The van der Waals surface area contributed by atoms with Crippen molar-refractivity contribution in [1.82, 2.24) is 4.98 Å². The molecular weight excluding hydrogens is 278 g/mol. The third-order valence-electron chi connectivity index (χ3n) is 2.73. The second-order valence-corrected chi connectivity index (χ2v) is 4.60. The molecular formula is C14H14ClN3O2. The van der Waals surface area contributed by atoms with Crippen LogP contribution < -0.4 is 15.8 Å². The first-order valence-electron chi connectivity index (χ1n) is 5.88. The van der Waals surface area contributed by atoms with Crippen molar-refractivity contribution in [3.63, 3.8) is 0 Å². The van der Waals surface area contributed by atoms with E-state index < -0.39 is 0 Å². The Morgan fingerprint density at radius 1 is 1.35 bits per heavy atom. The van der Waals surface area contributed by atoms with Crippen LogP contribution in [0.2, 0.25) is 5.15 Å². The molecule has 0 aliphatic carbocycles. The number of nitrogens with two attached hydrogens (primary N) is 1. The molecule has 0 bridgehead atoms. The van der Waals surface area contributed by atoms with E-state index in [9.17, 15) is 4.79 Å². The van der Waals surface area contributed by atoms with Gasteiger partial charge in [-0.15, -0.1) is 0 Å². The van der Waals surface area contributed by atoms with Crippen molar-refractivity contribution in [3.05, 3.63) is 46.7 Å². The number of nitrogen functional groups attached to an aromatic ring is 1. The van der Waals surface area contributed by atoms with Gasteiger partial charge in [0.15, 0.2) is 0 Å². The monoisotopic (exact) mass is 291 g/mol. The van der Waals surface area contributed by atoms with Crippen LogP contribution in [-0.4, -0.2) is 18.0 Å². The molecule has 1 amide bonds. The number of rotatable bonds is 3. The summed E-state index contributed by atoms with van der Waals surface area (Å²) in [5.74, 6) is 0.240. The van der Waals surface area contributed by atoms with Crippen molar-refractivity contribution in [3.8, 4) is 5.75 Å². The summed E-state index contributed by atoms with van der Waals surface area (Å²) in [6.07, 6.45) is 0. The van der Waals surface area contributed by atoms with Crippen molar-refractivity contribution >= 4 is 28.9 Å². The Balaban J connectivity index is 2.26. The molecule has 1 aromatic heterocycles. The Labute approximate surface area is 121 Å². The Hall–Kier alpha value is -2.27. The SMILES string of the molecule is COc1cc(N)cc(C(=O)Nc2ccc(Cl)nc2C)c1. The number of carbonyl (C=O) groups excluding carboxylic acids is 1. The Bertz CT molecular complexity index is 659. The number of halogens is 1. The summed E-state index contributed by atoms with van der Waals surface area (Å²) in [5, 5.41) is 3.14. The van der Waals surface area contributed by atoms with E-state index in [4.69, 9.17) is 22.1 Å². The summed E-state index contributed by atoms with van der Waals surface area (Å²) in [5.41, 5.74) is 7.84. The van der Waals surface area contributed by atoms with Gasteiger partial charge in [-0.1, -0.05) is 11.6 Å². The van der Waals surface area contributed by atoms with Gasteiger partial charge in [-0.2, -0.15) is 0 Å². The third-order valence-corrected chi connectivity index (χ3v) is 2.94. The molecule has 0 radical (unpaired) electrons. The van der Waals surface area contributed by atoms with E-state index in [1.54, 1.807) is 37.3 Å². The number of methoxy groups -OCH3 is 1. The summed E-state index contributed by atoms with van der Waals surface area (Å²) in [7, 11) is 1.52. The lowest BCUT2D eigenvalue weighted by Crippen LogP contribution is -2.13. The Kier molecular flexibility index (Phi) is 4.10. The molecule has 20 heavy (non-hydrogen) atoms. The second-order valence-electron chi connectivity index (χ2n) is 4.22. The van der Waals surface area contributed by atoms with E-state index in [1.165, 1.54) is 7.11 Å². The maximum Gasteiger partial charge on any atom is 0.255 e. The first-order valence-corrected chi connectivity index (χ1v) is 6.26.